The lowest BCUT2D eigenvalue weighted by Gasteiger charge is -2.31. The largest absolute Gasteiger partial charge is 0.495 e. The number of hydrogen-bond donors (Lipinski definition) is 1. The Labute approximate surface area is 127 Å². The van der Waals surface area contributed by atoms with Gasteiger partial charge in [-0.25, -0.2) is 0 Å². The predicted molar refractivity (Wildman–Crippen MR) is 84.5 cm³/mol. The quantitative estimate of drug-likeness (QED) is 0.873. The molecule has 112 valence electrons. The number of hydrogen-bond acceptors (Lipinski definition) is 3. The summed E-state index contributed by atoms with van der Waals surface area (Å²) in [6.07, 6.45) is 2.62. The van der Waals surface area contributed by atoms with Crippen LogP contribution in [0.3, 0.4) is 0 Å². The molecule has 4 heteroatoms. The highest BCUT2D eigenvalue weighted by molar-refractivity contribution is 6.32. The zero-order valence-electron chi connectivity index (χ0n) is 12.5. The molecular weight excluding hydrogens is 272 g/mol. The average Bonchev–Trinajstić information content (AvgIpc) is 2.48. The lowest BCUT2D eigenvalue weighted by atomic mass is 9.97. The van der Waals surface area contributed by atoms with E-state index >= 15 is 0 Å². The fourth-order valence-corrected chi connectivity index (χ4v) is 3.03. The summed E-state index contributed by atoms with van der Waals surface area (Å²) in [5, 5.41) is 4.23. The molecule has 1 heterocycles. The molecule has 0 radical (unpaired) electrons. The molecule has 0 saturated carbocycles. The number of methoxy groups -OCH3 is 1. The van der Waals surface area contributed by atoms with E-state index in [1.807, 2.05) is 12.1 Å². The highest BCUT2D eigenvalue weighted by atomic mass is 35.5. The number of nitrogens with zero attached hydrogens (tertiary/aromatic N) is 1. The van der Waals surface area contributed by atoms with Crippen molar-refractivity contribution in [3.63, 3.8) is 0 Å². The molecule has 1 aromatic carbocycles. The molecular formula is C16H25ClN2O. The Bertz CT molecular complexity index is 417. The van der Waals surface area contributed by atoms with Crippen molar-refractivity contribution < 1.29 is 4.74 Å². The molecule has 1 N–H and O–H groups in total. The number of nitrogens with one attached hydrogen (secondary N) is 1. The van der Waals surface area contributed by atoms with Gasteiger partial charge in [0.15, 0.2) is 0 Å². The number of rotatable bonds is 6. The summed E-state index contributed by atoms with van der Waals surface area (Å²) in [5.41, 5.74) is 1.21. The van der Waals surface area contributed by atoms with E-state index in [4.69, 9.17) is 16.3 Å². The number of ether oxygens (including phenoxy) is 1. The molecule has 20 heavy (non-hydrogen) atoms. The van der Waals surface area contributed by atoms with Crippen molar-refractivity contribution in [3.05, 3.63) is 28.8 Å². The van der Waals surface area contributed by atoms with Gasteiger partial charge in [-0.15, -0.1) is 0 Å². The third kappa shape index (κ3) is 4.37. The van der Waals surface area contributed by atoms with E-state index in [1.165, 1.54) is 38.0 Å². The standard InChI is InChI=1S/C16H25ClN2O/c1-3-19-8-6-13(7-9-19)11-18-12-14-4-5-16(20-2)15(17)10-14/h4-5,10,13,18H,3,6-9,11-12H2,1-2H3. The molecule has 3 nitrogen and oxygen atoms in total. The number of piperidine rings is 1. The summed E-state index contributed by atoms with van der Waals surface area (Å²) < 4.78 is 5.16. The van der Waals surface area contributed by atoms with E-state index in [0.717, 1.165) is 24.8 Å². The number of halogens is 1. The summed E-state index contributed by atoms with van der Waals surface area (Å²) in [5.74, 6) is 1.55. The summed E-state index contributed by atoms with van der Waals surface area (Å²) in [4.78, 5) is 2.53. The SMILES string of the molecule is CCN1CCC(CNCc2ccc(OC)c(Cl)c2)CC1. The van der Waals surface area contributed by atoms with Crippen LogP contribution in [0.5, 0.6) is 5.75 Å². The lowest BCUT2D eigenvalue weighted by molar-refractivity contribution is 0.190. The van der Waals surface area contributed by atoms with Gasteiger partial charge in [-0.3, -0.25) is 0 Å². The van der Waals surface area contributed by atoms with Crippen LogP contribution in [-0.4, -0.2) is 38.2 Å². The first-order valence-electron chi connectivity index (χ1n) is 7.48. The Morgan fingerprint density at radius 2 is 2.10 bits per heavy atom. The third-order valence-electron chi connectivity index (χ3n) is 4.13. The fraction of sp³-hybridized carbons (Fsp3) is 0.625. The van der Waals surface area contributed by atoms with Gasteiger partial charge in [-0.1, -0.05) is 24.6 Å². The third-order valence-corrected chi connectivity index (χ3v) is 4.43. The first kappa shape index (κ1) is 15.6. The van der Waals surface area contributed by atoms with Crippen molar-refractivity contribution in [3.8, 4) is 5.75 Å². The van der Waals surface area contributed by atoms with Gasteiger partial charge in [0.1, 0.15) is 5.75 Å². The molecule has 0 bridgehead atoms. The van der Waals surface area contributed by atoms with Gasteiger partial charge in [0.25, 0.3) is 0 Å². The molecule has 0 atom stereocenters. The average molecular weight is 297 g/mol. The second kappa shape index (κ2) is 7.87. The van der Waals surface area contributed by atoms with Crippen LogP contribution in [0.1, 0.15) is 25.3 Å². The Morgan fingerprint density at radius 3 is 2.70 bits per heavy atom. The van der Waals surface area contributed by atoms with E-state index in [9.17, 15) is 0 Å². The molecule has 2 rings (SSSR count). The first-order chi connectivity index (χ1) is 9.72. The molecule has 1 aliphatic heterocycles. The second-order valence-electron chi connectivity index (χ2n) is 5.48. The molecule has 1 saturated heterocycles. The smallest absolute Gasteiger partial charge is 0.137 e. The van der Waals surface area contributed by atoms with Crippen LogP contribution < -0.4 is 10.1 Å². The van der Waals surface area contributed by atoms with Gasteiger partial charge >= 0.3 is 0 Å². The van der Waals surface area contributed by atoms with Crippen molar-refractivity contribution in [1.82, 2.24) is 10.2 Å². The lowest BCUT2D eigenvalue weighted by Crippen LogP contribution is -2.36. The van der Waals surface area contributed by atoms with E-state index in [2.05, 4.69) is 23.2 Å². The van der Waals surface area contributed by atoms with Crippen molar-refractivity contribution in [1.29, 1.82) is 0 Å². The van der Waals surface area contributed by atoms with Gasteiger partial charge in [0, 0.05) is 6.54 Å². The van der Waals surface area contributed by atoms with E-state index in [-0.39, 0.29) is 0 Å². The Hall–Kier alpha value is -0.770. The van der Waals surface area contributed by atoms with Gasteiger partial charge in [-0.2, -0.15) is 0 Å². The molecule has 1 aromatic rings. The minimum atomic E-state index is 0.683. The Balaban J connectivity index is 1.72. The molecule has 0 unspecified atom stereocenters. The minimum Gasteiger partial charge on any atom is -0.495 e. The highest BCUT2D eigenvalue weighted by Crippen LogP contribution is 2.25. The highest BCUT2D eigenvalue weighted by Gasteiger charge is 2.17. The summed E-state index contributed by atoms with van der Waals surface area (Å²) >= 11 is 6.13. The predicted octanol–water partition coefficient (Wildman–Crippen LogP) is 3.17. The maximum absolute atomic E-state index is 6.13. The van der Waals surface area contributed by atoms with Gasteiger partial charge < -0.3 is 15.0 Å². The van der Waals surface area contributed by atoms with E-state index < -0.39 is 0 Å². The fourth-order valence-electron chi connectivity index (χ4n) is 2.75. The van der Waals surface area contributed by atoms with Gasteiger partial charge in [0.05, 0.1) is 12.1 Å². The molecule has 1 aliphatic rings. The molecule has 0 aliphatic carbocycles. The Morgan fingerprint density at radius 1 is 1.35 bits per heavy atom. The normalized spacial score (nSPS) is 17.4. The van der Waals surface area contributed by atoms with Crippen molar-refractivity contribution in [2.75, 3.05) is 33.3 Å². The molecule has 0 amide bonds. The molecule has 1 fully saturated rings. The summed E-state index contributed by atoms with van der Waals surface area (Å²) in [6, 6.07) is 5.98. The van der Waals surface area contributed by atoms with Crippen LogP contribution in [-0.2, 0) is 6.54 Å². The van der Waals surface area contributed by atoms with Crippen LogP contribution in [0.2, 0.25) is 5.02 Å². The Kier molecular flexibility index (Phi) is 6.14. The van der Waals surface area contributed by atoms with Crippen LogP contribution in [0.25, 0.3) is 0 Å². The topological polar surface area (TPSA) is 24.5 Å². The summed E-state index contributed by atoms with van der Waals surface area (Å²) in [7, 11) is 1.64. The number of likely N-dealkylation sites (tertiary alicyclic amines) is 1. The summed E-state index contributed by atoms with van der Waals surface area (Å²) in [6.45, 7) is 7.89. The molecule has 0 aromatic heterocycles. The van der Waals surface area contributed by atoms with Crippen LogP contribution in [0, 0.1) is 5.92 Å². The van der Waals surface area contributed by atoms with E-state index in [1.54, 1.807) is 7.11 Å². The zero-order chi connectivity index (χ0) is 14.4. The maximum Gasteiger partial charge on any atom is 0.137 e. The van der Waals surface area contributed by atoms with Crippen molar-refractivity contribution in [2.24, 2.45) is 5.92 Å². The second-order valence-corrected chi connectivity index (χ2v) is 5.88. The van der Waals surface area contributed by atoms with E-state index in [0.29, 0.717) is 5.02 Å². The van der Waals surface area contributed by atoms with Crippen molar-refractivity contribution >= 4 is 11.6 Å². The van der Waals surface area contributed by atoms with Crippen LogP contribution >= 0.6 is 11.6 Å². The first-order valence-corrected chi connectivity index (χ1v) is 7.86. The minimum absolute atomic E-state index is 0.683. The van der Waals surface area contributed by atoms with Gasteiger partial charge in [0.2, 0.25) is 0 Å². The van der Waals surface area contributed by atoms with Gasteiger partial charge in [-0.05, 0) is 62.6 Å². The van der Waals surface area contributed by atoms with Crippen LogP contribution in [0.4, 0.5) is 0 Å². The monoisotopic (exact) mass is 296 g/mol. The number of benzene rings is 1. The molecule has 0 spiro atoms. The zero-order valence-corrected chi connectivity index (χ0v) is 13.2. The maximum atomic E-state index is 6.13. The van der Waals surface area contributed by atoms with Crippen LogP contribution in [0.15, 0.2) is 18.2 Å². The van der Waals surface area contributed by atoms with Crippen molar-refractivity contribution in [2.45, 2.75) is 26.3 Å².